The summed E-state index contributed by atoms with van der Waals surface area (Å²) in [5, 5.41) is 3.72. The fourth-order valence-corrected chi connectivity index (χ4v) is 9.26. The fourth-order valence-electron chi connectivity index (χ4n) is 9.26. The molecule has 1 heteroatoms. The van der Waals surface area contributed by atoms with Crippen molar-refractivity contribution in [3.8, 4) is 0 Å². The standard InChI is InChI=1S/C56H115N/c1-3-5-7-9-11-13-15-17-19-21-23-25-27-29-31-33-35-37-39-41-43-45-47-49-51-53-55-57-56-54-52-50-48-46-44-42-40-38-36-34-32-30-28-26-24-22-20-18-16-14-12-10-8-6-4-2/h57H,3-56H2,1-2H3. The highest BCUT2D eigenvalue weighted by atomic mass is 14.8. The molecule has 0 saturated carbocycles. The summed E-state index contributed by atoms with van der Waals surface area (Å²) in [6, 6.07) is 0. The van der Waals surface area contributed by atoms with Crippen LogP contribution in [0.15, 0.2) is 0 Å². The van der Waals surface area contributed by atoms with Crippen LogP contribution in [0.25, 0.3) is 0 Å². The Kier molecular flexibility index (Phi) is 55.9. The molecule has 344 valence electrons. The van der Waals surface area contributed by atoms with Gasteiger partial charge in [-0.3, -0.25) is 0 Å². The highest BCUT2D eigenvalue weighted by Gasteiger charge is 1.99. The highest BCUT2D eigenvalue weighted by molar-refractivity contribution is 4.56. The van der Waals surface area contributed by atoms with E-state index in [0.717, 1.165) is 0 Å². The summed E-state index contributed by atoms with van der Waals surface area (Å²) in [5.74, 6) is 0. The molecule has 0 aliphatic carbocycles. The number of rotatable bonds is 54. The van der Waals surface area contributed by atoms with E-state index in [1.165, 1.54) is 347 Å². The lowest BCUT2D eigenvalue weighted by atomic mass is 10.0. The largest absolute Gasteiger partial charge is 0.317 e. The molecule has 1 N–H and O–H groups in total. The van der Waals surface area contributed by atoms with Crippen LogP contribution in [0.1, 0.15) is 348 Å². The molecule has 1 nitrogen and oxygen atoms in total. The number of nitrogens with one attached hydrogen (secondary N) is 1. The first kappa shape index (κ1) is 57.0. The van der Waals surface area contributed by atoms with Crippen molar-refractivity contribution in [2.75, 3.05) is 13.1 Å². The normalized spacial score (nSPS) is 11.7. The van der Waals surface area contributed by atoms with Crippen LogP contribution >= 0.6 is 0 Å². The van der Waals surface area contributed by atoms with Gasteiger partial charge in [0, 0.05) is 0 Å². The topological polar surface area (TPSA) is 12.0 Å². The van der Waals surface area contributed by atoms with Crippen molar-refractivity contribution >= 4 is 0 Å². The molecule has 0 aromatic rings. The first-order chi connectivity index (χ1) is 28.4. The number of hydrogen-bond acceptors (Lipinski definition) is 1. The molecule has 0 aliphatic heterocycles. The van der Waals surface area contributed by atoms with Crippen molar-refractivity contribution < 1.29 is 0 Å². The van der Waals surface area contributed by atoms with Crippen molar-refractivity contribution in [3.63, 3.8) is 0 Å². The van der Waals surface area contributed by atoms with Gasteiger partial charge in [0.1, 0.15) is 0 Å². The van der Waals surface area contributed by atoms with Gasteiger partial charge in [0.05, 0.1) is 0 Å². The summed E-state index contributed by atoms with van der Waals surface area (Å²) in [5.41, 5.74) is 0. The van der Waals surface area contributed by atoms with Crippen LogP contribution in [0.3, 0.4) is 0 Å². The molecular weight excluding hydrogens is 687 g/mol. The van der Waals surface area contributed by atoms with Gasteiger partial charge in [-0.1, -0.05) is 335 Å². The zero-order valence-corrected chi connectivity index (χ0v) is 40.7. The quantitative estimate of drug-likeness (QED) is 0.0604. The Labute approximate surface area is 364 Å². The second-order valence-electron chi connectivity index (χ2n) is 19.4. The third kappa shape index (κ3) is 56.0. The Morgan fingerprint density at radius 2 is 0.246 bits per heavy atom. The smallest absolute Gasteiger partial charge is 0.00489 e. The van der Waals surface area contributed by atoms with Crippen LogP contribution in [0.2, 0.25) is 0 Å². The third-order valence-electron chi connectivity index (χ3n) is 13.4. The SMILES string of the molecule is CCCCCCCCCCCCCCCCCCCCCCCCCCCCNCCCCCCCCCCCCCCCCCCCCCCCCCCCC. The maximum Gasteiger partial charge on any atom is -0.00489 e. The van der Waals surface area contributed by atoms with Gasteiger partial charge in [-0.2, -0.15) is 0 Å². The molecule has 0 aromatic heterocycles. The van der Waals surface area contributed by atoms with E-state index in [-0.39, 0.29) is 0 Å². The summed E-state index contributed by atoms with van der Waals surface area (Å²) in [6.45, 7) is 7.12. The summed E-state index contributed by atoms with van der Waals surface area (Å²) in [6.07, 6.45) is 76.7. The van der Waals surface area contributed by atoms with Crippen LogP contribution in [0.4, 0.5) is 0 Å². The highest BCUT2D eigenvalue weighted by Crippen LogP contribution is 2.18. The zero-order chi connectivity index (χ0) is 40.9. The van der Waals surface area contributed by atoms with E-state index in [2.05, 4.69) is 19.2 Å². The van der Waals surface area contributed by atoms with E-state index in [1.54, 1.807) is 0 Å². The number of unbranched alkanes of at least 4 members (excludes halogenated alkanes) is 50. The second-order valence-corrected chi connectivity index (χ2v) is 19.4. The summed E-state index contributed by atoms with van der Waals surface area (Å²) in [7, 11) is 0. The van der Waals surface area contributed by atoms with Gasteiger partial charge in [-0.15, -0.1) is 0 Å². The molecule has 0 heterocycles. The lowest BCUT2D eigenvalue weighted by Crippen LogP contribution is -2.16. The molecule has 0 rings (SSSR count). The molecule has 0 unspecified atom stereocenters. The molecule has 0 atom stereocenters. The monoisotopic (exact) mass is 802 g/mol. The van der Waals surface area contributed by atoms with Crippen molar-refractivity contribution in [1.82, 2.24) is 5.32 Å². The van der Waals surface area contributed by atoms with Crippen LogP contribution in [-0.4, -0.2) is 13.1 Å². The van der Waals surface area contributed by atoms with Gasteiger partial charge >= 0.3 is 0 Å². The maximum atomic E-state index is 3.72. The summed E-state index contributed by atoms with van der Waals surface area (Å²) >= 11 is 0. The van der Waals surface area contributed by atoms with Gasteiger partial charge in [-0.25, -0.2) is 0 Å². The van der Waals surface area contributed by atoms with Crippen molar-refractivity contribution in [2.24, 2.45) is 0 Å². The minimum atomic E-state index is 1.25. The molecule has 0 bridgehead atoms. The maximum absolute atomic E-state index is 3.72. The fraction of sp³-hybridized carbons (Fsp3) is 1.00. The molecule has 0 amide bonds. The summed E-state index contributed by atoms with van der Waals surface area (Å²) in [4.78, 5) is 0. The Hall–Kier alpha value is -0.0400. The predicted octanol–water partition coefficient (Wildman–Crippen LogP) is 20.9. The Balaban J connectivity index is 3.05. The van der Waals surface area contributed by atoms with E-state index >= 15 is 0 Å². The lowest BCUT2D eigenvalue weighted by molar-refractivity contribution is 0.510. The first-order valence-electron chi connectivity index (χ1n) is 28.1. The predicted molar refractivity (Wildman–Crippen MR) is 264 cm³/mol. The van der Waals surface area contributed by atoms with Crippen LogP contribution in [-0.2, 0) is 0 Å². The van der Waals surface area contributed by atoms with E-state index in [1.807, 2.05) is 0 Å². The minimum absolute atomic E-state index is 1.25. The summed E-state index contributed by atoms with van der Waals surface area (Å²) < 4.78 is 0. The van der Waals surface area contributed by atoms with E-state index in [0.29, 0.717) is 0 Å². The average molecular weight is 803 g/mol. The van der Waals surface area contributed by atoms with E-state index in [9.17, 15) is 0 Å². The molecule has 0 saturated heterocycles. The zero-order valence-electron chi connectivity index (χ0n) is 40.7. The van der Waals surface area contributed by atoms with Gasteiger partial charge in [0.15, 0.2) is 0 Å². The van der Waals surface area contributed by atoms with Crippen molar-refractivity contribution in [3.05, 3.63) is 0 Å². The average Bonchev–Trinajstić information content (AvgIpc) is 3.22. The van der Waals surface area contributed by atoms with Crippen molar-refractivity contribution in [2.45, 2.75) is 348 Å². The van der Waals surface area contributed by atoms with E-state index in [4.69, 9.17) is 0 Å². The molecule has 57 heavy (non-hydrogen) atoms. The molecule has 0 spiro atoms. The Bertz CT molecular complexity index is 589. The Morgan fingerprint density at radius 1 is 0.140 bits per heavy atom. The Morgan fingerprint density at radius 3 is 0.368 bits per heavy atom. The minimum Gasteiger partial charge on any atom is -0.317 e. The van der Waals surface area contributed by atoms with Crippen LogP contribution < -0.4 is 5.32 Å². The third-order valence-corrected chi connectivity index (χ3v) is 13.4. The van der Waals surface area contributed by atoms with Gasteiger partial charge in [-0.05, 0) is 25.9 Å². The van der Waals surface area contributed by atoms with Gasteiger partial charge in [0.25, 0.3) is 0 Å². The van der Waals surface area contributed by atoms with Crippen LogP contribution in [0, 0.1) is 0 Å². The molecule has 0 fully saturated rings. The van der Waals surface area contributed by atoms with Gasteiger partial charge < -0.3 is 5.32 Å². The van der Waals surface area contributed by atoms with Crippen molar-refractivity contribution in [1.29, 1.82) is 0 Å². The molecular formula is C56H115N. The molecule has 0 aromatic carbocycles. The second kappa shape index (κ2) is 56.0. The van der Waals surface area contributed by atoms with E-state index < -0.39 is 0 Å². The number of hydrogen-bond donors (Lipinski definition) is 1. The van der Waals surface area contributed by atoms with Gasteiger partial charge in [0.2, 0.25) is 0 Å². The van der Waals surface area contributed by atoms with Crippen LogP contribution in [0.5, 0.6) is 0 Å². The first-order valence-corrected chi connectivity index (χ1v) is 28.1. The molecule has 0 radical (unpaired) electrons. The molecule has 0 aliphatic rings. The lowest BCUT2D eigenvalue weighted by Gasteiger charge is -2.06.